The van der Waals surface area contributed by atoms with Gasteiger partial charge in [0.25, 0.3) is 5.91 Å². The van der Waals surface area contributed by atoms with Crippen LogP contribution in [0.2, 0.25) is 0 Å². The van der Waals surface area contributed by atoms with Gasteiger partial charge in [-0.05, 0) is 110 Å². The van der Waals surface area contributed by atoms with E-state index in [1.165, 1.54) is 11.0 Å². The van der Waals surface area contributed by atoms with Crippen molar-refractivity contribution in [1.29, 1.82) is 0 Å². The van der Waals surface area contributed by atoms with Crippen molar-refractivity contribution >= 4 is 44.7 Å². The first-order valence-electron chi connectivity index (χ1n) is 20.4. The Kier molecular flexibility index (Phi) is 10.6. The minimum Gasteiger partial charge on any atom is -0.506 e. The van der Waals surface area contributed by atoms with E-state index in [1.807, 2.05) is 19.1 Å². The van der Waals surface area contributed by atoms with E-state index in [0.717, 1.165) is 25.7 Å². The van der Waals surface area contributed by atoms with Crippen molar-refractivity contribution < 1.29 is 41.8 Å². The lowest BCUT2D eigenvalue weighted by atomic mass is 9.81. The lowest BCUT2D eigenvalue weighted by Gasteiger charge is -2.31. The summed E-state index contributed by atoms with van der Waals surface area (Å²) >= 11 is 0. The van der Waals surface area contributed by atoms with Gasteiger partial charge in [-0.1, -0.05) is 44.1 Å². The summed E-state index contributed by atoms with van der Waals surface area (Å²) in [6.07, 6.45) is 9.82. The molecule has 13 nitrogen and oxygen atoms in total. The predicted octanol–water partition coefficient (Wildman–Crippen LogP) is 5.78. The summed E-state index contributed by atoms with van der Waals surface area (Å²) in [7, 11) is -4.01. The van der Waals surface area contributed by atoms with E-state index >= 15 is 4.39 Å². The fourth-order valence-electron chi connectivity index (χ4n) is 8.48. The van der Waals surface area contributed by atoms with E-state index in [1.54, 1.807) is 39.8 Å². The maximum Gasteiger partial charge on any atom is 0.408 e. The normalized spacial score (nSPS) is 29.6. The zero-order valence-corrected chi connectivity index (χ0v) is 34.4. The molecule has 7 rings (SSSR count). The molecular weight excluding hydrogens is 754 g/mol. The number of para-hydroxylation sites is 1. The van der Waals surface area contributed by atoms with Gasteiger partial charge in [0.15, 0.2) is 0 Å². The highest BCUT2D eigenvalue weighted by Crippen LogP contribution is 2.49. The number of hydrogen-bond acceptors (Lipinski definition) is 9. The molecule has 4 amide bonds. The summed E-state index contributed by atoms with van der Waals surface area (Å²) in [6, 6.07) is 2.57. The molecule has 5 aliphatic rings. The largest absolute Gasteiger partial charge is 0.506 e. The number of nitrogens with zero attached hydrogens (tertiary/aromatic N) is 2. The molecule has 2 aliphatic heterocycles. The van der Waals surface area contributed by atoms with Crippen LogP contribution in [-0.2, 0) is 35.6 Å². The van der Waals surface area contributed by atoms with Gasteiger partial charge in [0.1, 0.15) is 40.3 Å². The Morgan fingerprint density at radius 3 is 2.51 bits per heavy atom. The smallest absolute Gasteiger partial charge is 0.408 e. The number of fused-ring (bicyclic) bond motifs is 3. The summed E-state index contributed by atoms with van der Waals surface area (Å²) in [5.74, 6) is -2.71. The van der Waals surface area contributed by atoms with E-state index in [2.05, 4.69) is 20.3 Å². The van der Waals surface area contributed by atoms with Crippen molar-refractivity contribution in [3.05, 3.63) is 47.4 Å². The fraction of sp³-hybridized carbons (Fsp3) is 0.643. The molecule has 2 aromatic rings. The maximum atomic E-state index is 15.1. The van der Waals surface area contributed by atoms with E-state index in [9.17, 15) is 32.7 Å². The molecule has 5 atom stereocenters. The Bertz CT molecular complexity index is 2110. The van der Waals surface area contributed by atoms with Crippen molar-refractivity contribution in [1.82, 2.24) is 25.2 Å². The monoisotopic (exact) mass is 809 g/mol. The molecule has 4 N–H and O–H groups in total. The van der Waals surface area contributed by atoms with Gasteiger partial charge in [-0.3, -0.25) is 19.1 Å². The zero-order valence-electron chi connectivity index (χ0n) is 33.6. The third kappa shape index (κ3) is 8.49. The number of allylic oxidation sites excluding steroid dienone is 1. The minimum absolute atomic E-state index is 0.0401. The number of amides is 4. The highest BCUT2D eigenvalue weighted by atomic mass is 32.2. The molecule has 3 unspecified atom stereocenters. The summed E-state index contributed by atoms with van der Waals surface area (Å²) in [5.41, 5.74) is -1.83. The van der Waals surface area contributed by atoms with E-state index < -0.39 is 79.0 Å². The maximum absolute atomic E-state index is 15.1. The van der Waals surface area contributed by atoms with Gasteiger partial charge >= 0.3 is 6.09 Å². The van der Waals surface area contributed by atoms with Crippen LogP contribution in [0.5, 0.6) is 5.75 Å². The molecule has 57 heavy (non-hydrogen) atoms. The van der Waals surface area contributed by atoms with E-state index in [4.69, 9.17) is 4.74 Å². The van der Waals surface area contributed by atoms with Crippen LogP contribution in [0.1, 0.15) is 129 Å². The average Bonchev–Trinajstić information content (AvgIpc) is 4.05. The van der Waals surface area contributed by atoms with Crippen molar-refractivity contribution in [2.24, 2.45) is 11.3 Å². The summed E-state index contributed by atoms with van der Waals surface area (Å²) < 4.78 is 48.3. The molecule has 1 aromatic carbocycles. The fourth-order valence-corrected chi connectivity index (χ4v) is 9.79. The first-order valence-corrected chi connectivity index (χ1v) is 21.9. The molecule has 0 radical (unpaired) electrons. The number of nitrogens with one attached hydrogen (secondary N) is 3. The standard InChI is InChI=1S/C42H56FN5O8S/c1-39(2,3)56-38(53)44-30-15-10-8-6-7-9-12-26-22-42(26,37(52)47-57(54,55)41(5)20-21-41)46-35(50)31-23-40(4,24-48(31)36(30)51)19-18-28-27-13-11-14-29(43)33(27)45-32(34(28)49)25-16-17-25/h9,11-14,25-26,30-31,49H,6-8,10,15-24H2,1-5H3,(H,44,53)(H,46,50)(H,47,52)/b12-9-/t26?,30-,31?,40-,42?/m0/s1. The van der Waals surface area contributed by atoms with Crippen molar-refractivity contribution in [2.75, 3.05) is 6.54 Å². The first-order chi connectivity index (χ1) is 26.7. The highest BCUT2D eigenvalue weighted by Gasteiger charge is 2.63. The number of aryl methyl sites for hydroxylation is 1. The SMILES string of the molecule is CC(C)(C)OC(=O)N[C@H]1CCCCC/C=C\C2CC2(C(=O)NS(=O)(=O)C2(C)CC2)NC(=O)C2C[C@](C)(CCc3c(O)c(C4CC4)nc4c(F)cccc34)CN2C1=O. The number of pyridine rings is 1. The van der Waals surface area contributed by atoms with Crippen LogP contribution >= 0.6 is 0 Å². The van der Waals surface area contributed by atoms with Crippen molar-refractivity contribution in [3.63, 3.8) is 0 Å². The Balaban J connectivity index is 1.21. The van der Waals surface area contributed by atoms with Gasteiger partial charge < -0.3 is 25.4 Å². The molecule has 0 spiro atoms. The number of ether oxygens (including phenoxy) is 1. The second-order valence-corrected chi connectivity index (χ2v) is 20.8. The molecule has 3 aliphatic carbocycles. The van der Waals surface area contributed by atoms with Crippen LogP contribution in [0, 0.1) is 17.2 Å². The Labute approximate surface area is 334 Å². The van der Waals surface area contributed by atoms with Gasteiger partial charge in [0.05, 0.1) is 10.4 Å². The van der Waals surface area contributed by atoms with E-state index in [0.29, 0.717) is 61.6 Å². The van der Waals surface area contributed by atoms with Crippen LogP contribution in [0.15, 0.2) is 30.4 Å². The van der Waals surface area contributed by atoms with Gasteiger partial charge in [-0.2, -0.15) is 0 Å². The number of carbonyl (C=O) groups is 4. The van der Waals surface area contributed by atoms with Crippen molar-refractivity contribution in [3.8, 4) is 5.75 Å². The number of benzene rings is 1. The molecule has 0 bridgehead atoms. The quantitative estimate of drug-likeness (QED) is 0.240. The van der Waals surface area contributed by atoms with Crippen LogP contribution in [0.4, 0.5) is 9.18 Å². The van der Waals surface area contributed by atoms with Gasteiger partial charge in [-0.15, -0.1) is 0 Å². The predicted molar refractivity (Wildman–Crippen MR) is 211 cm³/mol. The van der Waals surface area contributed by atoms with Crippen LogP contribution in [-0.4, -0.2) is 81.7 Å². The second kappa shape index (κ2) is 14.8. The number of hydrogen-bond donors (Lipinski definition) is 4. The second-order valence-electron chi connectivity index (χ2n) is 18.7. The number of sulfonamides is 1. The van der Waals surface area contributed by atoms with Crippen molar-refractivity contribution in [2.45, 2.75) is 152 Å². The lowest BCUT2D eigenvalue weighted by Crippen LogP contribution is -2.58. The number of alkyl carbamates (subject to hydrolysis) is 1. The van der Waals surface area contributed by atoms with Crippen LogP contribution < -0.4 is 15.4 Å². The number of aromatic hydroxyl groups is 1. The zero-order chi connectivity index (χ0) is 41.1. The molecule has 4 fully saturated rings. The Morgan fingerprint density at radius 2 is 1.82 bits per heavy atom. The third-order valence-electron chi connectivity index (χ3n) is 12.5. The molecular formula is C42H56FN5O8S. The topological polar surface area (TPSA) is 184 Å². The Hall–Kier alpha value is -4.27. The van der Waals surface area contributed by atoms with Crippen LogP contribution in [0.3, 0.4) is 0 Å². The Morgan fingerprint density at radius 1 is 1.09 bits per heavy atom. The molecule has 15 heteroatoms. The number of halogens is 1. The number of rotatable bonds is 8. The summed E-state index contributed by atoms with van der Waals surface area (Å²) in [6.45, 7) is 8.82. The molecule has 3 saturated carbocycles. The average molecular weight is 810 g/mol. The number of aromatic nitrogens is 1. The van der Waals surface area contributed by atoms with Gasteiger partial charge in [0, 0.05) is 29.3 Å². The van der Waals surface area contributed by atoms with E-state index in [-0.39, 0.29) is 36.6 Å². The first kappa shape index (κ1) is 40.9. The molecule has 1 saturated heterocycles. The molecule has 310 valence electrons. The molecule has 1 aromatic heterocycles. The highest BCUT2D eigenvalue weighted by molar-refractivity contribution is 7.91. The number of carbonyl (C=O) groups excluding carboxylic acids is 4. The third-order valence-corrected chi connectivity index (χ3v) is 14.7. The lowest BCUT2D eigenvalue weighted by molar-refractivity contribution is -0.141. The van der Waals surface area contributed by atoms with Crippen LogP contribution in [0.25, 0.3) is 10.9 Å². The summed E-state index contributed by atoms with van der Waals surface area (Å²) in [4.78, 5) is 62.3. The molecule has 3 heterocycles. The summed E-state index contributed by atoms with van der Waals surface area (Å²) in [5, 5.41) is 17.7. The van der Waals surface area contributed by atoms with Gasteiger partial charge in [-0.25, -0.2) is 22.6 Å². The van der Waals surface area contributed by atoms with Gasteiger partial charge in [0.2, 0.25) is 21.8 Å². The minimum atomic E-state index is -4.01.